The van der Waals surface area contributed by atoms with E-state index in [1.807, 2.05) is 6.92 Å². The van der Waals surface area contributed by atoms with E-state index < -0.39 is 0 Å². The number of anilines is 1. The summed E-state index contributed by atoms with van der Waals surface area (Å²) in [6, 6.07) is 0. The Kier molecular flexibility index (Phi) is 3.77. The van der Waals surface area contributed by atoms with E-state index in [4.69, 9.17) is 11.6 Å². The fraction of sp³-hybridized carbons (Fsp3) is 0.778. The van der Waals surface area contributed by atoms with Gasteiger partial charge in [0.05, 0.1) is 0 Å². The molecular formula is C9H15ClN4S. The van der Waals surface area contributed by atoms with Crippen molar-refractivity contribution >= 4 is 28.3 Å². The minimum absolute atomic E-state index is 0.720. The van der Waals surface area contributed by atoms with E-state index in [2.05, 4.69) is 19.2 Å². The van der Waals surface area contributed by atoms with Gasteiger partial charge in [0.15, 0.2) is 0 Å². The smallest absolute Gasteiger partial charge is 0.205 e. The molecule has 15 heavy (non-hydrogen) atoms. The molecule has 0 bridgehead atoms. The highest BCUT2D eigenvalue weighted by atomic mass is 35.5. The maximum Gasteiger partial charge on any atom is 0.205 e. The van der Waals surface area contributed by atoms with Gasteiger partial charge in [0.1, 0.15) is 5.82 Å². The Morgan fingerprint density at radius 1 is 1.33 bits per heavy atom. The zero-order valence-electron chi connectivity index (χ0n) is 8.82. The first-order valence-electron chi connectivity index (χ1n) is 5.13. The van der Waals surface area contributed by atoms with Gasteiger partial charge in [0.25, 0.3) is 0 Å². The van der Waals surface area contributed by atoms with Crippen LogP contribution in [0.4, 0.5) is 5.13 Å². The van der Waals surface area contributed by atoms with Gasteiger partial charge in [-0.25, -0.2) is 4.98 Å². The van der Waals surface area contributed by atoms with Gasteiger partial charge in [-0.3, -0.25) is 4.90 Å². The van der Waals surface area contributed by atoms with Crippen LogP contribution in [0.25, 0.3) is 0 Å². The van der Waals surface area contributed by atoms with Crippen LogP contribution in [0.3, 0.4) is 0 Å². The molecule has 6 heteroatoms. The molecule has 0 N–H and O–H groups in total. The summed E-state index contributed by atoms with van der Waals surface area (Å²) in [5.41, 5.74) is 0. The third-order valence-corrected chi connectivity index (χ3v) is 3.60. The van der Waals surface area contributed by atoms with E-state index >= 15 is 0 Å². The molecule has 0 amide bonds. The third-order valence-electron chi connectivity index (χ3n) is 2.56. The number of nitrogens with zero attached hydrogens (tertiary/aromatic N) is 4. The molecule has 1 aromatic rings. The average Bonchev–Trinajstić information content (AvgIpc) is 2.67. The standard InChI is InChI=1S/C9H15ClN4S/c1-8-11-9(15-12-8)14-6-4-13(3-2-10)5-7-14/h2-7H2,1H3. The van der Waals surface area contributed by atoms with E-state index in [0.717, 1.165) is 49.6 Å². The van der Waals surface area contributed by atoms with Crippen molar-refractivity contribution < 1.29 is 0 Å². The number of rotatable bonds is 3. The summed E-state index contributed by atoms with van der Waals surface area (Å²) in [6.45, 7) is 7.14. The van der Waals surface area contributed by atoms with E-state index in [1.165, 1.54) is 11.5 Å². The number of hydrogen-bond acceptors (Lipinski definition) is 5. The van der Waals surface area contributed by atoms with Crippen molar-refractivity contribution in [3.8, 4) is 0 Å². The average molecular weight is 247 g/mol. The summed E-state index contributed by atoms with van der Waals surface area (Å²) >= 11 is 7.21. The molecule has 1 aliphatic rings. The number of piperazine rings is 1. The van der Waals surface area contributed by atoms with E-state index in [1.54, 1.807) is 0 Å². The Hall–Kier alpha value is -0.390. The van der Waals surface area contributed by atoms with Crippen molar-refractivity contribution in [2.24, 2.45) is 0 Å². The quantitative estimate of drug-likeness (QED) is 0.751. The Labute approximate surface area is 99.0 Å². The molecule has 1 aromatic heterocycles. The molecule has 0 saturated carbocycles. The van der Waals surface area contributed by atoms with Gasteiger partial charge in [0.2, 0.25) is 5.13 Å². The summed E-state index contributed by atoms with van der Waals surface area (Å²) < 4.78 is 4.20. The minimum Gasteiger partial charge on any atom is -0.344 e. The summed E-state index contributed by atoms with van der Waals surface area (Å²) in [7, 11) is 0. The highest BCUT2D eigenvalue weighted by Crippen LogP contribution is 2.18. The van der Waals surface area contributed by atoms with Crippen LogP contribution in [0.5, 0.6) is 0 Å². The number of aromatic nitrogens is 2. The Bertz CT molecular complexity index is 309. The second kappa shape index (κ2) is 5.09. The maximum atomic E-state index is 5.72. The molecule has 0 aromatic carbocycles. The lowest BCUT2D eigenvalue weighted by Crippen LogP contribution is -2.46. The lowest BCUT2D eigenvalue weighted by Gasteiger charge is -2.33. The van der Waals surface area contributed by atoms with Crippen molar-refractivity contribution in [2.75, 3.05) is 43.5 Å². The molecule has 0 spiro atoms. The number of alkyl halides is 1. The first-order chi connectivity index (χ1) is 7.29. The summed E-state index contributed by atoms with van der Waals surface area (Å²) in [4.78, 5) is 9.08. The van der Waals surface area contributed by atoms with E-state index in [-0.39, 0.29) is 0 Å². The molecule has 0 radical (unpaired) electrons. The Balaban J connectivity index is 1.88. The van der Waals surface area contributed by atoms with E-state index in [9.17, 15) is 0 Å². The predicted octanol–water partition coefficient (Wildman–Crippen LogP) is 1.21. The summed E-state index contributed by atoms with van der Waals surface area (Å²) in [5.74, 6) is 1.59. The van der Waals surface area contributed by atoms with Gasteiger partial charge in [0, 0.05) is 50.1 Å². The highest BCUT2D eigenvalue weighted by Gasteiger charge is 2.18. The highest BCUT2D eigenvalue weighted by molar-refractivity contribution is 7.09. The van der Waals surface area contributed by atoms with Crippen LogP contribution in [-0.4, -0.2) is 52.9 Å². The molecule has 0 unspecified atom stereocenters. The van der Waals surface area contributed by atoms with Crippen LogP contribution < -0.4 is 4.90 Å². The van der Waals surface area contributed by atoms with Gasteiger partial charge in [-0.15, -0.1) is 11.6 Å². The van der Waals surface area contributed by atoms with Crippen molar-refractivity contribution in [3.63, 3.8) is 0 Å². The molecule has 0 aliphatic carbocycles. The Morgan fingerprint density at radius 3 is 2.60 bits per heavy atom. The number of aryl methyl sites for hydroxylation is 1. The molecule has 84 valence electrons. The van der Waals surface area contributed by atoms with Gasteiger partial charge >= 0.3 is 0 Å². The monoisotopic (exact) mass is 246 g/mol. The zero-order valence-corrected chi connectivity index (χ0v) is 10.4. The second-order valence-electron chi connectivity index (χ2n) is 3.64. The summed E-state index contributed by atoms with van der Waals surface area (Å²) in [6.07, 6.45) is 0. The maximum absolute atomic E-state index is 5.72. The third kappa shape index (κ3) is 2.80. The Morgan fingerprint density at radius 2 is 2.07 bits per heavy atom. The molecule has 4 nitrogen and oxygen atoms in total. The molecule has 1 fully saturated rings. The lowest BCUT2D eigenvalue weighted by molar-refractivity contribution is 0.272. The van der Waals surface area contributed by atoms with Crippen molar-refractivity contribution in [2.45, 2.75) is 6.92 Å². The SMILES string of the molecule is Cc1nsc(N2CCN(CCCl)CC2)n1. The fourth-order valence-corrected chi connectivity index (χ4v) is 2.66. The molecule has 0 atom stereocenters. The van der Waals surface area contributed by atoms with Crippen LogP contribution in [0.15, 0.2) is 0 Å². The van der Waals surface area contributed by atoms with Crippen LogP contribution >= 0.6 is 23.1 Å². The van der Waals surface area contributed by atoms with Crippen molar-refractivity contribution in [3.05, 3.63) is 5.82 Å². The van der Waals surface area contributed by atoms with Gasteiger partial charge in [-0.2, -0.15) is 4.37 Å². The fourth-order valence-electron chi connectivity index (χ4n) is 1.70. The second-order valence-corrected chi connectivity index (χ2v) is 4.75. The first-order valence-corrected chi connectivity index (χ1v) is 6.44. The zero-order chi connectivity index (χ0) is 10.7. The normalized spacial score (nSPS) is 18.4. The molecule has 1 saturated heterocycles. The van der Waals surface area contributed by atoms with Gasteiger partial charge in [-0.05, 0) is 6.92 Å². The van der Waals surface area contributed by atoms with Gasteiger partial charge in [-0.1, -0.05) is 0 Å². The first kappa shape index (κ1) is 11.1. The minimum atomic E-state index is 0.720. The summed E-state index contributed by atoms with van der Waals surface area (Å²) in [5, 5.41) is 1.05. The lowest BCUT2D eigenvalue weighted by atomic mass is 10.3. The predicted molar refractivity (Wildman–Crippen MR) is 64.0 cm³/mol. The molecular weight excluding hydrogens is 232 g/mol. The van der Waals surface area contributed by atoms with Crippen molar-refractivity contribution in [1.82, 2.24) is 14.3 Å². The van der Waals surface area contributed by atoms with Gasteiger partial charge < -0.3 is 4.90 Å². The van der Waals surface area contributed by atoms with Crippen LogP contribution in [-0.2, 0) is 0 Å². The molecule has 2 rings (SSSR count). The largest absolute Gasteiger partial charge is 0.344 e. The van der Waals surface area contributed by atoms with Crippen LogP contribution in [0, 0.1) is 6.92 Å². The van der Waals surface area contributed by atoms with E-state index in [0.29, 0.717) is 0 Å². The number of halogens is 1. The molecule has 1 aliphatic heterocycles. The number of hydrogen-bond donors (Lipinski definition) is 0. The van der Waals surface area contributed by atoms with Crippen LogP contribution in [0.2, 0.25) is 0 Å². The molecule has 2 heterocycles. The van der Waals surface area contributed by atoms with Crippen molar-refractivity contribution in [1.29, 1.82) is 0 Å². The van der Waals surface area contributed by atoms with Crippen LogP contribution in [0.1, 0.15) is 5.82 Å². The topological polar surface area (TPSA) is 32.3 Å².